The van der Waals surface area contributed by atoms with E-state index in [1.807, 2.05) is 36.4 Å². The topological polar surface area (TPSA) is 55.6 Å². The zero-order chi connectivity index (χ0) is 15.5. The van der Waals surface area contributed by atoms with E-state index in [1.54, 1.807) is 6.92 Å². The second-order valence-corrected chi connectivity index (χ2v) is 5.61. The van der Waals surface area contributed by atoms with Gasteiger partial charge in [-0.1, -0.05) is 36.4 Å². The Hall–Kier alpha value is -2.49. The van der Waals surface area contributed by atoms with Crippen molar-refractivity contribution in [2.24, 2.45) is 0 Å². The molecule has 0 amide bonds. The molecule has 0 radical (unpaired) electrons. The molecule has 1 heterocycles. The van der Waals surface area contributed by atoms with Crippen LogP contribution >= 0.6 is 0 Å². The fourth-order valence-corrected chi connectivity index (χ4v) is 2.79. The number of nitrogens with zero attached hydrogens (tertiary/aromatic N) is 1. The summed E-state index contributed by atoms with van der Waals surface area (Å²) in [5.41, 5.74) is 8.83. The smallest absolute Gasteiger partial charge is 0.145 e. The van der Waals surface area contributed by atoms with Gasteiger partial charge in [-0.05, 0) is 24.6 Å². The Bertz CT molecular complexity index is 670. The highest BCUT2D eigenvalue weighted by Crippen LogP contribution is 2.41. The van der Waals surface area contributed by atoms with Crippen LogP contribution < -0.4 is 15.4 Å². The molecule has 114 valence electrons. The van der Waals surface area contributed by atoms with Crippen molar-refractivity contribution in [3.8, 4) is 5.75 Å². The lowest BCUT2D eigenvalue weighted by atomic mass is 10.1. The van der Waals surface area contributed by atoms with Crippen molar-refractivity contribution in [2.45, 2.75) is 19.4 Å². The highest BCUT2D eigenvalue weighted by molar-refractivity contribution is 5.79. The Balaban J connectivity index is 1.93. The van der Waals surface area contributed by atoms with Crippen LogP contribution in [0.5, 0.6) is 5.75 Å². The molecule has 0 fully saturated rings. The summed E-state index contributed by atoms with van der Waals surface area (Å²) >= 11 is 0. The molecule has 0 bridgehead atoms. The molecule has 1 atom stereocenters. The summed E-state index contributed by atoms with van der Waals surface area (Å²) in [6.45, 7) is 2.96. The lowest BCUT2D eigenvalue weighted by Crippen LogP contribution is -2.37. The number of carbonyl (C=O) groups excluding carboxylic acids is 1. The predicted octanol–water partition coefficient (Wildman–Crippen LogP) is 3.19. The van der Waals surface area contributed by atoms with Gasteiger partial charge in [-0.2, -0.15) is 0 Å². The number of hydrogen-bond donors (Lipinski definition) is 1. The van der Waals surface area contributed by atoms with Crippen LogP contribution in [0.15, 0.2) is 48.5 Å². The van der Waals surface area contributed by atoms with E-state index in [9.17, 15) is 4.79 Å². The lowest BCUT2D eigenvalue weighted by molar-refractivity contribution is -0.116. The number of nitrogen functional groups attached to an aromatic ring is 1. The number of nitrogens with two attached hydrogens (primary N) is 1. The van der Waals surface area contributed by atoms with Gasteiger partial charge in [0.1, 0.15) is 23.3 Å². The van der Waals surface area contributed by atoms with Crippen LogP contribution in [0.25, 0.3) is 0 Å². The van der Waals surface area contributed by atoms with Crippen LogP contribution in [-0.2, 0) is 4.79 Å². The molecule has 4 heteroatoms. The lowest BCUT2D eigenvalue weighted by Gasteiger charge is -2.37. The minimum Gasteiger partial charge on any atom is -0.482 e. The first-order valence-corrected chi connectivity index (χ1v) is 7.49. The van der Waals surface area contributed by atoms with E-state index in [2.05, 4.69) is 17.0 Å². The van der Waals surface area contributed by atoms with Gasteiger partial charge in [-0.25, -0.2) is 0 Å². The van der Waals surface area contributed by atoms with Gasteiger partial charge in [0.25, 0.3) is 0 Å². The molecule has 1 aliphatic heterocycles. The minimum absolute atomic E-state index is 0.0533. The molecule has 0 spiro atoms. The van der Waals surface area contributed by atoms with Gasteiger partial charge in [-0.3, -0.25) is 4.79 Å². The maximum Gasteiger partial charge on any atom is 0.145 e. The Morgan fingerprint density at radius 3 is 2.73 bits per heavy atom. The van der Waals surface area contributed by atoms with Gasteiger partial charge in [0.05, 0.1) is 12.2 Å². The third-order valence-electron chi connectivity index (χ3n) is 3.91. The van der Waals surface area contributed by atoms with Crippen LogP contribution in [0.2, 0.25) is 0 Å². The molecule has 22 heavy (non-hydrogen) atoms. The summed E-state index contributed by atoms with van der Waals surface area (Å²) in [5.74, 6) is 0.961. The molecule has 2 aromatic rings. The summed E-state index contributed by atoms with van der Waals surface area (Å²) in [6.07, 6.45) is 0.456. The van der Waals surface area contributed by atoms with E-state index in [0.717, 1.165) is 17.0 Å². The molecule has 1 aliphatic rings. The normalized spacial score (nSPS) is 16.8. The van der Waals surface area contributed by atoms with E-state index < -0.39 is 0 Å². The number of ketones is 1. The largest absolute Gasteiger partial charge is 0.482 e. The summed E-state index contributed by atoms with van der Waals surface area (Å²) in [5, 5.41) is 0. The summed E-state index contributed by atoms with van der Waals surface area (Å²) < 4.78 is 6.13. The van der Waals surface area contributed by atoms with E-state index in [-0.39, 0.29) is 11.9 Å². The quantitative estimate of drug-likeness (QED) is 0.880. The average molecular weight is 296 g/mol. The number of benzene rings is 2. The molecule has 0 saturated heterocycles. The minimum atomic E-state index is -0.0533. The van der Waals surface area contributed by atoms with E-state index in [1.165, 1.54) is 0 Å². The van der Waals surface area contributed by atoms with E-state index in [4.69, 9.17) is 10.5 Å². The first kappa shape index (κ1) is 14.4. The number of rotatable bonds is 4. The van der Waals surface area contributed by atoms with Crippen LogP contribution in [0, 0.1) is 0 Å². The highest BCUT2D eigenvalue weighted by atomic mass is 16.5. The van der Waals surface area contributed by atoms with Gasteiger partial charge in [0.15, 0.2) is 0 Å². The number of Topliss-reactive ketones (excluding diaryl/α,β-unsaturated/α-hetero) is 1. The van der Waals surface area contributed by atoms with Crippen molar-refractivity contribution in [3.05, 3.63) is 54.1 Å². The second kappa shape index (κ2) is 6.10. The summed E-state index contributed by atoms with van der Waals surface area (Å²) in [4.78, 5) is 13.5. The van der Waals surface area contributed by atoms with Crippen molar-refractivity contribution >= 4 is 17.2 Å². The Labute approximate surface area is 130 Å². The Morgan fingerprint density at radius 2 is 2.00 bits per heavy atom. The van der Waals surface area contributed by atoms with Crippen molar-refractivity contribution in [1.29, 1.82) is 0 Å². The molecular formula is C18H20N2O2. The summed E-state index contributed by atoms with van der Waals surface area (Å²) in [7, 11) is 0. The molecule has 1 unspecified atom stereocenters. The van der Waals surface area contributed by atoms with E-state index >= 15 is 0 Å². The molecule has 4 nitrogen and oxygen atoms in total. The average Bonchev–Trinajstić information content (AvgIpc) is 2.53. The van der Waals surface area contributed by atoms with Crippen LogP contribution in [-0.4, -0.2) is 18.9 Å². The van der Waals surface area contributed by atoms with Crippen molar-refractivity contribution in [1.82, 2.24) is 0 Å². The number of carbonyl (C=O) groups is 1. The number of para-hydroxylation sites is 1. The SMILES string of the molecule is CC(=O)CCN1CC(c2ccccc2)Oc2cccc(N)c21. The van der Waals surface area contributed by atoms with Crippen molar-refractivity contribution < 1.29 is 9.53 Å². The van der Waals surface area contributed by atoms with Gasteiger partial charge >= 0.3 is 0 Å². The molecule has 0 aromatic heterocycles. The summed E-state index contributed by atoms with van der Waals surface area (Å²) in [6, 6.07) is 15.8. The monoisotopic (exact) mass is 296 g/mol. The third-order valence-corrected chi connectivity index (χ3v) is 3.91. The van der Waals surface area contributed by atoms with Crippen molar-refractivity contribution in [2.75, 3.05) is 23.7 Å². The van der Waals surface area contributed by atoms with Gasteiger partial charge in [0, 0.05) is 13.0 Å². The van der Waals surface area contributed by atoms with Crippen LogP contribution in [0.1, 0.15) is 25.0 Å². The molecule has 0 aliphatic carbocycles. The molecule has 2 N–H and O–H groups in total. The number of ether oxygens (including phenoxy) is 1. The molecule has 2 aromatic carbocycles. The van der Waals surface area contributed by atoms with Crippen LogP contribution in [0.4, 0.5) is 11.4 Å². The highest BCUT2D eigenvalue weighted by Gasteiger charge is 2.28. The van der Waals surface area contributed by atoms with Crippen LogP contribution in [0.3, 0.4) is 0 Å². The molecule has 0 saturated carbocycles. The number of fused-ring (bicyclic) bond motifs is 1. The number of anilines is 2. The molecule has 3 rings (SSSR count). The zero-order valence-corrected chi connectivity index (χ0v) is 12.7. The van der Waals surface area contributed by atoms with Gasteiger partial charge < -0.3 is 15.4 Å². The zero-order valence-electron chi connectivity index (χ0n) is 12.7. The predicted molar refractivity (Wildman–Crippen MR) is 88.2 cm³/mol. The Morgan fingerprint density at radius 1 is 1.23 bits per heavy atom. The first-order chi connectivity index (χ1) is 10.6. The van der Waals surface area contributed by atoms with Crippen molar-refractivity contribution in [3.63, 3.8) is 0 Å². The third kappa shape index (κ3) is 2.91. The molecular weight excluding hydrogens is 276 g/mol. The first-order valence-electron chi connectivity index (χ1n) is 7.49. The Kier molecular flexibility index (Phi) is 4.00. The van der Waals surface area contributed by atoms with Gasteiger partial charge in [0.2, 0.25) is 0 Å². The van der Waals surface area contributed by atoms with Gasteiger partial charge in [-0.15, -0.1) is 0 Å². The number of hydrogen-bond acceptors (Lipinski definition) is 4. The fourth-order valence-electron chi connectivity index (χ4n) is 2.79. The maximum absolute atomic E-state index is 11.3. The standard InChI is InChI=1S/C18H20N2O2/c1-13(21)10-11-20-12-17(14-6-3-2-4-7-14)22-16-9-5-8-15(19)18(16)20/h2-9,17H,10-12,19H2,1H3. The fraction of sp³-hybridized carbons (Fsp3) is 0.278. The maximum atomic E-state index is 11.3. The van der Waals surface area contributed by atoms with E-state index in [0.29, 0.717) is 25.2 Å². The second-order valence-electron chi connectivity index (χ2n) is 5.61.